The minimum absolute atomic E-state index is 0.174. The number of rotatable bonds is 7. The van der Waals surface area contributed by atoms with E-state index >= 15 is 0 Å². The number of nitrogens with one attached hydrogen (secondary N) is 1. The molecule has 2 aromatic carbocycles. The van der Waals surface area contributed by atoms with Gasteiger partial charge in [0.2, 0.25) is 15.9 Å². The normalized spacial score (nSPS) is 15.2. The van der Waals surface area contributed by atoms with Gasteiger partial charge < -0.3 is 10.1 Å². The first-order valence-electron chi connectivity index (χ1n) is 8.47. The van der Waals surface area contributed by atoms with Gasteiger partial charge >= 0.3 is 0 Å². The summed E-state index contributed by atoms with van der Waals surface area (Å²) in [5.74, 6) is 0.989. The second-order valence-corrected chi connectivity index (χ2v) is 8.29. The van der Waals surface area contributed by atoms with Crippen molar-refractivity contribution in [2.45, 2.75) is 31.8 Å². The summed E-state index contributed by atoms with van der Waals surface area (Å²) in [5.41, 5.74) is 0.423. The van der Waals surface area contributed by atoms with Crippen LogP contribution in [0.4, 0.5) is 5.69 Å². The van der Waals surface area contributed by atoms with Gasteiger partial charge in [0.25, 0.3) is 0 Å². The Labute approximate surface area is 153 Å². The fourth-order valence-electron chi connectivity index (χ4n) is 2.64. The van der Waals surface area contributed by atoms with E-state index in [9.17, 15) is 13.2 Å². The Bertz CT molecular complexity index is 862. The summed E-state index contributed by atoms with van der Waals surface area (Å²) in [6, 6.07) is 15.3. The first-order valence-corrected chi connectivity index (χ1v) is 10.3. The standard InChI is InChI=1S/C19H22N2O4S/c1-14(19(22)20-15-8-9-15)21(26(2,23)24)16-10-12-18(13-11-16)25-17-6-4-3-5-7-17/h3-7,10-15H,8-9H2,1-2H3,(H,20,22)/t14-/m0/s1. The van der Waals surface area contributed by atoms with Crippen LogP contribution in [0, 0.1) is 0 Å². The number of carbonyl (C=O) groups excluding carboxylic acids is 1. The first-order chi connectivity index (χ1) is 12.3. The van der Waals surface area contributed by atoms with Crippen molar-refractivity contribution in [3.63, 3.8) is 0 Å². The number of amides is 1. The van der Waals surface area contributed by atoms with Crippen LogP contribution in [0.5, 0.6) is 11.5 Å². The van der Waals surface area contributed by atoms with Gasteiger partial charge in [-0.05, 0) is 56.2 Å². The molecular weight excluding hydrogens is 352 g/mol. The van der Waals surface area contributed by atoms with E-state index in [1.807, 2.05) is 30.3 Å². The summed E-state index contributed by atoms with van der Waals surface area (Å²) in [6.07, 6.45) is 2.99. The lowest BCUT2D eigenvalue weighted by molar-refractivity contribution is -0.121. The minimum Gasteiger partial charge on any atom is -0.457 e. The highest BCUT2D eigenvalue weighted by Gasteiger charge is 2.32. The van der Waals surface area contributed by atoms with Crippen LogP contribution in [0.3, 0.4) is 0 Å². The monoisotopic (exact) mass is 374 g/mol. The van der Waals surface area contributed by atoms with Gasteiger partial charge in [-0.3, -0.25) is 9.10 Å². The van der Waals surface area contributed by atoms with Crippen molar-refractivity contribution in [2.24, 2.45) is 0 Å². The number of hydrogen-bond acceptors (Lipinski definition) is 4. The van der Waals surface area contributed by atoms with E-state index in [1.165, 1.54) is 0 Å². The van der Waals surface area contributed by atoms with Crippen molar-refractivity contribution in [1.82, 2.24) is 5.32 Å². The van der Waals surface area contributed by atoms with Gasteiger partial charge in [-0.15, -0.1) is 0 Å². The van der Waals surface area contributed by atoms with E-state index in [4.69, 9.17) is 4.74 Å². The van der Waals surface area contributed by atoms with Gasteiger partial charge in [0.1, 0.15) is 17.5 Å². The molecule has 0 bridgehead atoms. The van der Waals surface area contributed by atoms with Crippen LogP contribution >= 0.6 is 0 Å². The molecule has 1 amide bonds. The Kier molecular flexibility index (Phi) is 5.18. The fraction of sp³-hybridized carbons (Fsp3) is 0.316. The molecule has 3 rings (SSSR count). The molecule has 0 unspecified atom stereocenters. The number of sulfonamides is 1. The summed E-state index contributed by atoms with van der Waals surface area (Å²) in [6.45, 7) is 1.59. The molecule has 1 N–H and O–H groups in total. The number of carbonyl (C=O) groups is 1. The summed E-state index contributed by atoms with van der Waals surface area (Å²) in [5, 5.41) is 2.85. The molecule has 0 spiro atoms. The van der Waals surface area contributed by atoms with E-state index in [1.54, 1.807) is 31.2 Å². The van der Waals surface area contributed by atoms with Crippen LogP contribution < -0.4 is 14.4 Å². The lowest BCUT2D eigenvalue weighted by atomic mass is 10.2. The lowest BCUT2D eigenvalue weighted by Crippen LogP contribution is -2.48. The first kappa shape index (κ1) is 18.3. The highest BCUT2D eigenvalue weighted by molar-refractivity contribution is 7.92. The number of nitrogens with zero attached hydrogens (tertiary/aromatic N) is 1. The molecule has 1 saturated carbocycles. The SMILES string of the molecule is C[C@@H](C(=O)NC1CC1)N(c1ccc(Oc2ccccc2)cc1)S(C)(=O)=O. The number of hydrogen-bond donors (Lipinski definition) is 1. The van der Waals surface area contributed by atoms with Crippen LogP contribution in [0.25, 0.3) is 0 Å². The molecule has 138 valence electrons. The number of anilines is 1. The van der Waals surface area contributed by atoms with E-state index in [-0.39, 0.29) is 11.9 Å². The van der Waals surface area contributed by atoms with E-state index < -0.39 is 16.1 Å². The average Bonchev–Trinajstić information content (AvgIpc) is 3.40. The molecule has 6 nitrogen and oxygen atoms in total. The van der Waals surface area contributed by atoms with Crippen molar-refractivity contribution in [3.8, 4) is 11.5 Å². The van der Waals surface area contributed by atoms with Gasteiger partial charge in [-0.2, -0.15) is 0 Å². The van der Waals surface area contributed by atoms with Crippen molar-refractivity contribution in [1.29, 1.82) is 0 Å². The number of para-hydroxylation sites is 1. The zero-order chi connectivity index (χ0) is 18.7. The largest absolute Gasteiger partial charge is 0.457 e. The number of ether oxygens (including phenoxy) is 1. The van der Waals surface area contributed by atoms with Gasteiger partial charge in [0.15, 0.2) is 0 Å². The molecule has 1 aliphatic carbocycles. The molecule has 0 aliphatic heterocycles. The maximum atomic E-state index is 12.3. The molecule has 0 aromatic heterocycles. The predicted octanol–water partition coefficient (Wildman–Crippen LogP) is 2.91. The van der Waals surface area contributed by atoms with Crippen molar-refractivity contribution >= 4 is 21.6 Å². The zero-order valence-electron chi connectivity index (χ0n) is 14.8. The lowest BCUT2D eigenvalue weighted by Gasteiger charge is -2.28. The van der Waals surface area contributed by atoms with Crippen LogP contribution in [-0.2, 0) is 14.8 Å². The fourth-order valence-corrected chi connectivity index (χ4v) is 3.82. The average molecular weight is 374 g/mol. The van der Waals surface area contributed by atoms with Crippen molar-refractivity contribution in [3.05, 3.63) is 54.6 Å². The van der Waals surface area contributed by atoms with Crippen LogP contribution in [-0.4, -0.2) is 32.7 Å². The van der Waals surface area contributed by atoms with Crippen LogP contribution in [0.15, 0.2) is 54.6 Å². The summed E-state index contributed by atoms with van der Waals surface area (Å²) >= 11 is 0. The Morgan fingerprint density at radius 1 is 1.08 bits per heavy atom. The highest BCUT2D eigenvalue weighted by atomic mass is 32.2. The topological polar surface area (TPSA) is 75.7 Å². The van der Waals surface area contributed by atoms with E-state index in [0.29, 0.717) is 17.2 Å². The molecule has 26 heavy (non-hydrogen) atoms. The molecular formula is C19H22N2O4S. The Morgan fingerprint density at radius 2 is 1.65 bits per heavy atom. The Morgan fingerprint density at radius 3 is 2.19 bits per heavy atom. The highest BCUT2D eigenvalue weighted by Crippen LogP contribution is 2.27. The molecule has 0 radical (unpaired) electrons. The van der Waals surface area contributed by atoms with E-state index in [0.717, 1.165) is 23.4 Å². The van der Waals surface area contributed by atoms with E-state index in [2.05, 4.69) is 5.32 Å². The predicted molar refractivity (Wildman–Crippen MR) is 101 cm³/mol. The van der Waals surface area contributed by atoms with Crippen LogP contribution in [0.1, 0.15) is 19.8 Å². The molecule has 1 aliphatic rings. The third-order valence-corrected chi connectivity index (χ3v) is 5.32. The quantitative estimate of drug-likeness (QED) is 0.808. The maximum Gasteiger partial charge on any atom is 0.243 e. The summed E-state index contributed by atoms with van der Waals surface area (Å²) in [7, 11) is -3.62. The third kappa shape index (κ3) is 4.54. The zero-order valence-corrected chi connectivity index (χ0v) is 15.6. The molecule has 2 aromatic rings. The van der Waals surface area contributed by atoms with Gasteiger partial charge in [-0.25, -0.2) is 8.42 Å². The molecule has 0 saturated heterocycles. The molecule has 1 fully saturated rings. The third-order valence-electron chi connectivity index (χ3n) is 4.08. The molecule has 0 heterocycles. The second kappa shape index (κ2) is 7.37. The Hall–Kier alpha value is -2.54. The molecule has 7 heteroatoms. The van der Waals surface area contributed by atoms with Gasteiger partial charge in [0, 0.05) is 6.04 Å². The van der Waals surface area contributed by atoms with Crippen LogP contribution in [0.2, 0.25) is 0 Å². The minimum atomic E-state index is -3.62. The second-order valence-electron chi connectivity index (χ2n) is 6.43. The van der Waals surface area contributed by atoms with Gasteiger partial charge in [0.05, 0.1) is 11.9 Å². The number of benzene rings is 2. The van der Waals surface area contributed by atoms with Crippen molar-refractivity contribution < 1.29 is 17.9 Å². The maximum absolute atomic E-state index is 12.3. The van der Waals surface area contributed by atoms with Gasteiger partial charge in [-0.1, -0.05) is 18.2 Å². The summed E-state index contributed by atoms with van der Waals surface area (Å²) in [4.78, 5) is 12.3. The molecule has 1 atom stereocenters. The van der Waals surface area contributed by atoms with Crippen molar-refractivity contribution in [2.75, 3.05) is 10.6 Å². The summed E-state index contributed by atoms with van der Waals surface area (Å²) < 4.78 is 31.4. The Balaban J connectivity index is 1.79. The smallest absolute Gasteiger partial charge is 0.243 e.